The third-order valence-corrected chi connectivity index (χ3v) is 3.76. The molecule has 80 valence electrons. The van der Waals surface area contributed by atoms with E-state index in [1.54, 1.807) is 11.3 Å². The Morgan fingerprint density at radius 1 is 1.67 bits per heavy atom. The molecule has 1 aliphatic heterocycles. The summed E-state index contributed by atoms with van der Waals surface area (Å²) in [5.74, 6) is -0.443. The molecule has 1 atom stereocenters. The molecule has 4 heteroatoms. The molecule has 0 aliphatic carbocycles. The van der Waals surface area contributed by atoms with E-state index >= 15 is 0 Å². The van der Waals surface area contributed by atoms with Gasteiger partial charge in [0.2, 0.25) is 0 Å². The SMILES string of the molecule is CC(=O)C1(Cc2cccs2)CCOC1=O. The summed E-state index contributed by atoms with van der Waals surface area (Å²) in [6, 6.07) is 3.87. The number of carbonyl (C=O) groups is 2. The van der Waals surface area contributed by atoms with E-state index in [4.69, 9.17) is 4.74 Å². The van der Waals surface area contributed by atoms with Crippen molar-refractivity contribution in [3.63, 3.8) is 0 Å². The summed E-state index contributed by atoms with van der Waals surface area (Å²) in [7, 11) is 0. The molecule has 2 rings (SSSR count). The first-order valence-corrected chi connectivity index (χ1v) is 5.74. The summed E-state index contributed by atoms with van der Waals surface area (Å²) in [6.07, 6.45) is 0.998. The number of esters is 1. The zero-order valence-electron chi connectivity index (χ0n) is 8.49. The molecular formula is C11H12O3S. The van der Waals surface area contributed by atoms with Gasteiger partial charge in [-0.05, 0) is 18.4 Å². The molecule has 0 radical (unpaired) electrons. The summed E-state index contributed by atoms with van der Waals surface area (Å²) in [6.45, 7) is 1.84. The highest BCUT2D eigenvalue weighted by Gasteiger charge is 2.48. The van der Waals surface area contributed by atoms with Crippen LogP contribution in [-0.4, -0.2) is 18.4 Å². The number of ketones is 1. The van der Waals surface area contributed by atoms with Crippen LogP contribution in [0, 0.1) is 5.41 Å². The summed E-state index contributed by atoms with van der Waals surface area (Å²) < 4.78 is 4.92. The van der Waals surface area contributed by atoms with Crippen LogP contribution in [0.3, 0.4) is 0 Å². The maximum Gasteiger partial charge on any atom is 0.320 e. The minimum Gasteiger partial charge on any atom is -0.465 e. The van der Waals surface area contributed by atoms with E-state index in [0.717, 1.165) is 4.88 Å². The zero-order valence-corrected chi connectivity index (χ0v) is 9.30. The fourth-order valence-corrected chi connectivity index (χ4v) is 2.69. The smallest absolute Gasteiger partial charge is 0.320 e. The van der Waals surface area contributed by atoms with E-state index in [2.05, 4.69) is 0 Å². The Kier molecular flexibility index (Phi) is 2.61. The average molecular weight is 224 g/mol. The van der Waals surface area contributed by atoms with E-state index in [0.29, 0.717) is 19.4 Å². The fourth-order valence-electron chi connectivity index (χ4n) is 1.87. The summed E-state index contributed by atoms with van der Waals surface area (Å²) in [5.41, 5.74) is -0.912. The van der Waals surface area contributed by atoms with Gasteiger partial charge in [0.1, 0.15) is 11.2 Å². The van der Waals surface area contributed by atoms with Crippen molar-refractivity contribution < 1.29 is 14.3 Å². The van der Waals surface area contributed by atoms with Gasteiger partial charge in [-0.3, -0.25) is 9.59 Å². The first-order valence-electron chi connectivity index (χ1n) is 4.86. The molecule has 1 aliphatic rings. The molecule has 1 saturated heterocycles. The molecule has 1 fully saturated rings. The first-order chi connectivity index (χ1) is 7.15. The minimum absolute atomic E-state index is 0.0848. The molecule has 0 N–H and O–H groups in total. The molecule has 3 nitrogen and oxygen atoms in total. The Morgan fingerprint density at radius 3 is 2.93 bits per heavy atom. The van der Waals surface area contributed by atoms with E-state index < -0.39 is 5.41 Å². The molecule has 1 aromatic rings. The van der Waals surface area contributed by atoms with Crippen LogP contribution >= 0.6 is 11.3 Å². The van der Waals surface area contributed by atoms with Crippen molar-refractivity contribution in [3.05, 3.63) is 22.4 Å². The van der Waals surface area contributed by atoms with E-state index in [1.165, 1.54) is 6.92 Å². The molecule has 2 heterocycles. The van der Waals surface area contributed by atoms with Gasteiger partial charge < -0.3 is 4.74 Å². The lowest BCUT2D eigenvalue weighted by atomic mass is 9.79. The highest BCUT2D eigenvalue weighted by Crippen LogP contribution is 2.36. The van der Waals surface area contributed by atoms with Crippen LogP contribution in [0.15, 0.2) is 17.5 Å². The number of cyclic esters (lactones) is 1. The predicted molar refractivity (Wildman–Crippen MR) is 56.7 cm³/mol. The molecule has 1 aromatic heterocycles. The van der Waals surface area contributed by atoms with Crippen molar-refractivity contribution >= 4 is 23.1 Å². The topological polar surface area (TPSA) is 43.4 Å². The second kappa shape index (κ2) is 3.77. The molecule has 15 heavy (non-hydrogen) atoms. The standard InChI is InChI=1S/C11H12O3S/c1-8(12)11(4-5-14-10(11)13)7-9-3-2-6-15-9/h2-3,6H,4-5,7H2,1H3. The van der Waals surface area contributed by atoms with Gasteiger partial charge in [0.05, 0.1) is 6.61 Å². The van der Waals surface area contributed by atoms with E-state index in [-0.39, 0.29) is 11.8 Å². The van der Waals surface area contributed by atoms with Crippen LogP contribution in [0.2, 0.25) is 0 Å². The van der Waals surface area contributed by atoms with E-state index in [1.807, 2.05) is 17.5 Å². The van der Waals surface area contributed by atoms with Gasteiger partial charge in [0.25, 0.3) is 0 Å². The minimum atomic E-state index is -0.912. The van der Waals surface area contributed by atoms with Gasteiger partial charge in [-0.25, -0.2) is 0 Å². The van der Waals surface area contributed by atoms with Crippen LogP contribution in [0.5, 0.6) is 0 Å². The lowest BCUT2D eigenvalue weighted by Gasteiger charge is -2.19. The second-order valence-electron chi connectivity index (χ2n) is 3.78. The Labute approximate surface area is 92.1 Å². The Hall–Kier alpha value is -1.16. The molecule has 1 unspecified atom stereocenters. The average Bonchev–Trinajstić information content (AvgIpc) is 2.78. The molecule has 0 saturated carbocycles. The number of hydrogen-bond donors (Lipinski definition) is 0. The third-order valence-electron chi connectivity index (χ3n) is 2.88. The van der Waals surface area contributed by atoms with Gasteiger partial charge in [0.15, 0.2) is 0 Å². The van der Waals surface area contributed by atoms with Crippen molar-refractivity contribution in [2.45, 2.75) is 19.8 Å². The van der Waals surface area contributed by atoms with Crippen LogP contribution in [-0.2, 0) is 20.7 Å². The Morgan fingerprint density at radius 2 is 2.47 bits per heavy atom. The zero-order chi connectivity index (χ0) is 10.9. The van der Waals surface area contributed by atoms with Gasteiger partial charge >= 0.3 is 5.97 Å². The largest absolute Gasteiger partial charge is 0.465 e. The summed E-state index contributed by atoms with van der Waals surface area (Å²) in [4.78, 5) is 24.3. The van der Waals surface area contributed by atoms with Crippen molar-refractivity contribution in [2.75, 3.05) is 6.61 Å². The first kappa shape index (κ1) is 10.4. The number of thiophene rings is 1. The third kappa shape index (κ3) is 1.69. The predicted octanol–water partition coefficient (Wildman–Crippen LogP) is 1.81. The molecule has 0 amide bonds. The van der Waals surface area contributed by atoms with Crippen LogP contribution in [0.1, 0.15) is 18.2 Å². The molecule has 0 bridgehead atoms. The normalized spacial score (nSPS) is 25.3. The number of ether oxygens (including phenoxy) is 1. The van der Waals surface area contributed by atoms with Crippen LogP contribution in [0.25, 0.3) is 0 Å². The number of carbonyl (C=O) groups excluding carboxylic acids is 2. The maximum atomic E-state index is 11.6. The number of rotatable bonds is 3. The van der Waals surface area contributed by atoms with Gasteiger partial charge in [-0.15, -0.1) is 11.3 Å². The second-order valence-corrected chi connectivity index (χ2v) is 4.81. The van der Waals surface area contributed by atoms with Crippen LogP contribution in [0.4, 0.5) is 0 Å². The highest BCUT2D eigenvalue weighted by atomic mass is 32.1. The van der Waals surface area contributed by atoms with Gasteiger partial charge in [-0.1, -0.05) is 6.07 Å². The van der Waals surface area contributed by atoms with Gasteiger partial charge in [0, 0.05) is 17.7 Å². The number of hydrogen-bond acceptors (Lipinski definition) is 4. The quantitative estimate of drug-likeness (QED) is 0.581. The summed E-state index contributed by atoms with van der Waals surface area (Å²) in [5, 5.41) is 1.95. The van der Waals surface area contributed by atoms with Gasteiger partial charge in [-0.2, -0.15) is 0 Å². The lowest BCUT2D eigenvalue weighted by molar-refractivity contribution is -0.150. The number of Topliss-reactive ketones (excluding diaryl/α,β-unsaturated/α-hetero) is 1. The Bertz CT molecular complexity index is 383. The fraction of sp³-hybridized carbons (Fsp3) is 0.455. The molecule has 0 spiro atoms. The maximum absolute atomic E-state index is 11.6. The van der Waals surface area contributed by atoms with Crippen molar-refractivity contribution in [2.24, 2.45) is 5.41 Å². The highest BCUT2D eigenvalue weighted by molar-refractivity contribution is 7.09. The Balaban J connectivity index is 2.28. The van der Waals surface area contributed by atoms with Crippen LogP contribution < -0.4 is 0 Å². The van der Waals surface area contributed by atoms with Crippen molar-refractivity contribution in [1.82, 2.24) is 0 Å². The molecular weight excluding hydrogens is 212 g/mol. The van der Waals surface area contributed by atoms with Crippen molar-refractivity contribution in [1.29, 1.82) is 0 Å². The lowest BCUT2D eigenvalue weighted by Crippen LogP contribution is -2.36. The van der Waals surface area contributed by atoms with E-state index in [9.17, 15) is 9.59 Å². The molecule has 0 aromatic carbocycles. The monoisotopic (exact) mass is 224 g/mol. The summed E-state index contributed by atoms with van der Waals surface area (Å²) >= 11 is 1.57. The van der Waals surface area contributed by atoms with Crippen molar-refractivity contribution in [3.8, 4) is 0 Å².